The number of carbonyl (C=O) groups excluding carboxylic acids is 1. The van der Waals surface area contributed by atoms with Crippen molar-refractivity contribution in [1.82, 2.24) is 10.2 Å². The quantitative estimate of drug-likeness (QED) is 0.810. The molecule has 2 fully saturated rings. The van der Waals surface area contributed by atoms with Crippen LogP contribution in [0.25, 0.3) is 0 Å². The van der Waals surface area contributed by atoms with E-state index in [0.717, 1.165) is 19.6 Å². The molecule has 4 heteroatoms. The highest BCUT2D eigenvalue weighted by Gasteiger charge is 2.58. The van der Waals surface area contributed by atoms with Crippen molar-refractivity contribution in [3.8, 4) is 0 Å². The molecule has 0 aromatic heterocycles. The third-order valence-electron chi connectivity index (χ3n) is 5.39. The maximum atomic E-state index is 12.5. The van der Waals surface area contributed by atoms with E-state index >= 15 is 0 Å². The van der Waals surface area contributed by atoms with Crippen LogP contribution < -0.4 is 5.32 Å². The van der Waals surface area contributed by atoms with Crippen LogP contribution in [-0.2, 0) is 9.53 Å². The molecule has 1 amide bonds. The Kier molecular flexibility index (Phi) is 5.08. The molecule has 0 saturated heterocycles. The lowest BCUT2D eigenvalue weighted by molar-refractivity contribution is -0.174. The van der Waals surface area contributed by atoms with Crippen molar-refractivity contribution in [3.63, 3.8) is 0 Å². The van der Waals surface area contributed by atoms with Crippen molar-refractivity contribution < 1.29 is 9.53 Å². The number of nitrogens with one attached hydrogen (secondary N) is 1. The van der Waals surface area contributed by atoms with E-state index in [2.05, 4.69) is 12.2 Å². The van der Waals surface area contributed by atoms with Gasteiger partial charge in [-0.2, -0.15) is 0 Å². The molecule has 0 aromatic carbocycles. The summed E-state index contributed by atoms with van der Waals surface area (Å²) in [6.07, 6.45) is 6.40. The molecule has 2 saturated carbocycles. The number of ether oxygens (including phenoxy) is 1. The standard InChI is InChI=1S/C16H30N2O2/c1-5-20-14-10-13(16(14)8-6-7-9-16)18(4)15(19)12(2)11-17-3/h12-14,17H,5-11H2,1-4H3. The first kappa shape index (κ1) is 15.8. The predicted molar refractivity (Wildman–Crippen MR) is 80.6 cm³/mol. The topological polar surface area (TPSA) is 41.6 Å². The summed E-state index contributed by atoms with van der Waals surface area (Å²) in [5.74, 6) is 0.320. The SMILES string of the molecule is CCOC1CC(N(C)C(=O)C(C)CNC)C12CCCC2. The molecular formula is C16H30N2O2. The Morgan fingerprint density at radius 2 is 2.10 bits per heavy atom. The van der Waals surface area contributed by atoms with Crippen LogP contribution in [0.1, 0.15) is 46.0 Å². The zero-order valence-electron chi connectivity index (χ0n) is 13.4. The van der Waals surface area contributed by atoms with Gasteiger partial charge in [-0.1, -0.05) is 19.8 Å². The number of rotatable bonds is 6. The van der Waals surface area contributed by atoms with Gasteiger partial charge in [0, 0.05) is 37.6 Å². The van der Waals surface area contributed by atoms with Crippen LogP contribution >= 0.6 is 0 Å². The summed E-state index contributed by atoms with van der Waals surface area (Å²) in [6.45, 7) is 5.61. The van der Waals surface area contributed by atoms with Crippen molar-refractivity contribution in [2.75, 3.05) is 27.2 Å². The van der Waals surface area contributed by atoms with Crippen LogP contribution in [0.4, 0.5) is 0 Å². The largest absolute Gasteiger partial charge is 0.378 e. The normalized spacial score (nSPS) is 29.2. The fourth-order valence-corrected chi connectivity index (χ4v) is 4.29. The van der Waals surface area contributed by atoms with Crippen molar-refractivity contribution in [1.29, 1.82) is 0 Å². The van der Waals surface area contributed by atoms with Crippen molar-refractivity contribution in [2.45, 2.75) is 58.1 Å². The number of nitrogens with zero attached hydrogens (tertiary/aromatic N) is 1. The average molecular weight is 282 g/mol. The second-order valence-corrected chi connectivity index (χ2v) is 6.54. The molecule has 4 nitrogen and oxygen atoms in total. The Hall–Kier alpha value is -0.610. The first-order valence-corrected chi connectivity index (χ1v) is 8.09. The lowest BCUT2D eigenvalue weighted by Gasteiger charge is -2.57. The molecule has 2 rings (SSSR count). The highest BCUT2D eigenvalue weighted by molar-refractivity contribution is 5.79. The maximum Gasteiger partial charge on any atom is 0.226 e. The second-order valence-electron chi connectivity index (χ2n) is 6.54. The van der Waals surface area contributed by atoms with Gasteiger partial charge in [-0.3, -0.25) is 4.79 Å². The Balaban J connectivity index is 2.03. The molecule has 0 bridgehead atoms. The van der Waals surface area contributed by atoms with E-state index in [1.807, 2.05) is 25.9 Å². The molecular weight excluding hydrogens is 252 g/mol. The van der Waals surface area contributed by atoms with Gasteiger partial charge in [-0.05, 0) is 33.2 Å². The van der Waals surface area contributed by atoms with Gasteiger partial charge in [-0.25, -0.2) is 0 Å². The van der Waals surface area contributed by atoms with Crippen LogP contribution in [0.3, 0.4) is 0 Å². The highest BCUT2D eigenvalue weighted by Crippen LogP contribution is 2.56. The monoisotopic (exact) mass is 282 g/mol. The molecule has 0 aliphatic heterocycles. The molecule has 0 radical (unpaired) electrons. The van der Waals surface area contributed by atoms with Crippen molar-refractivity contribution in [2.24, 2.45) is 11.3 Å². The minimum atomic E-state index is 0.0506. The molecule has 0 heterocycles. The third kappa shape index (κ3) is 2.60. The van der Waals surface area contributed by atoms with E-state index in [4.69, 9.17) is 4.74 Å². The van der Waals surface area contributed by atoms with Gasteiger partial charge in [0.2, 0.25) is 5.91 Å². The van der Waals surface area contributed by atoms with E-state index in [-0.39, 0.29) is 17.2 Å². The summed E-state index contributed by atoms with van der Waals surface area (Å²) in [5.41, 5.74) is 0.250. The van der Waals surface area contributed by atoms with Gasteiger partial charge in [0.25, 0.3) is 0 Å². The summed E-state index contributed by atoms with van der Waals surface area (Å²) in [5, 5.41) is 3.10. The van der Waals surface area contributed by atoms with Gasteiger partial charge in [-0.15, -0.1) is 0 Å². The number of hydrogen-bond donors (Lipinski definition) is 1. The van der Waals surface area contributed by atoms with Crippen LogP contribution in [-0.4, -0.2) is 50.2 Å². The Bertz CT molecular complexity index is 339. The zero-order valence-corrected chi connectivity index (χ0v) is 13.4. The lowest BCUT2D eigenvalue weighted by atomic mass is 9.60. The summed E-state index contributed by atoms with van der Waals surface area (Å²) >= 11 is 0. The van der Waals surface area contributed by atoms with Gasteiger partial charge in [0.05, 0.1) is 6.10 Å². The highest BCUT2D eigenvalue weighted by atomic mass is 16.5. The van der Waals surface area contributed by atoms with Crippen LogP contribution in [0.2, 0.25) is 0 Å². The summed E-state index contributed by atoms with van der Waals surface area (Å²) in [7, 11) is 3.89. The van der Waals surface area contributed by atoms with E-state index in [9.17, 15) is 4.79 Å². The van der Waals surface area contributed by atoms with Crippen molar-refractivity contribution >= 4 is 5.91 Å². The Morgan fingerprint density at radius 1 is 1.45 bits per heavy atom. The average Bonchev–Trinajstić information content (AvgIpc) is 2.94. The van der Waals surface area contributed by atoms with E-state index < -0.39 is 0 Å². The van der Waals surface area contributed by atoms with Gasteiger partial charge in [0.15, 0.2) is 0 Å². The summed E-state index contributed by atoms with van der Waals surface area (Å²) < 4.78 is 5.93. The molecule has 1 N–H and O–H groups in total. The van der Waals surface area contributed by atoms with Crippen LogP contribution in [0, 0.1) is 11.3 Å². The number of amides is 1. The Morgan fingerprint density at radius 3 is 2.65 bits per heavy atom. The van der Waals surface area contributed by atoms with E-state index in [1.54, 1.807) is 0 Å². The first-order valence-electron chi connectivity index (χ1n) is 8.09. The fraction of sp³-hybridized carbons (Fsp3) is 0.938. The fourth-order valence-electron chi connectivity index (χ4n) is 4.29. The number of carbonyl (C=O) groups is 1. The summed E-state index contributed by atoms with van der Waals surface area (Å²) in [4.78, 5) is 14.5. The van der Waals surface area contributed by atoms with Gasteiger partial charge in [0.1, 0.15) is 0 Å². The molecule has 3 atom stereocenters. The molecule has 116 valence electrons. The summed E-state index contributed by atoms with van der Waals surface area (Å²) in [6, 6.07) is 0.383. The van der Waals surface area contributed by atoms with Gasteiger partial charge < -0.3 is 15.0 Å². The molecule has 2 aliphatic rings. The molecule has 3 unspecified atom stereocenters. The third-order valence-corrected chi connectivity index (χ3v) is 5.39. The predicted octanol–water partition coefficient (Wildman–Crippen LogP) is 2.04. The van der Waals surface area contributed by atoms with E-state index in [0.29, 0.717) is 12.1 Å². The van der Waals surface area contributed by atoms with Crippen LogP contribution in [0.15, 0.2) is 0 Å². The van der Waals surface area contributed by atoms with Crippen LogP contribution in [0.5, 0.6) is 0 Å². The molecule has 20 heavy (non-hydrogen) atoms. The van der Waals surface area contributed by atoms with Crippen molar-refractivity contribution in [3.05, 3.63) is 0 Å². The zero-order chi connectivity index (χ0) is 14.8. The molecule has 2 aliphatic carbocycles. The van der Waals surface area contributed by atoms with E-state index in [1.165, 1.54) is 25.7 Å². The molecule has 0 aromatic rings. The number of hydrogen-bond acceptors (Lipinski definition) is 3. The lowest BCUT2D eigenvalue weighted by Crippen LogP contribution is -2.64. The first-order chi connectivity index (χ1) is 9.56. The second kappa shape index (κ2) is 6.44. The Labute approximate surface area is 123 Å². The minimum Gasteiger partial charge on any atom is -0.378 e. The molecule has 1 spiro atoms. The maximum absolute atomic E-state index is 12.5. The smallest absolute Gasteiger partial charge is 0.226 e. The minimum absolute atomic E-state index is 0.0506. The van der Waals surface area contributed by atoms with Gasteiger partial charge >= 0.3 is 0 Å².